The molecule has 2 atom stereocenters. The van der Waals surface area contributed by atoms with E-state index >= 15 is 0 Å². The molecule has 84 valence electrons. The van der Waals surface area contributed by atoms with E-state index < -0.39 is 0 Å². The third kappa shape index (κ3) is 4.87. The summed E-state index contributed by atoms with van der Waals surface area (Å²) < 4.78 is 5.38. The molecule has 0 aromatic carbocycles. The summed E-state index contributed by atoms with van der Waals surface area (Å²) in [4.78, 5) is 2.49. The molecule has 0 saturated carbocycles. The third-order valence-corrected chi connectivity index (χ3v) is 3.65. The van der Waals surface area contributed by atoms with Crippen molar-refractivity contribution in [2.24, 2.45) is 0 Å². The molecule has 2 unspecified atom stereocenters. The van der Waals surface area contributed by atoms with E-state index in [1.54, 1.807) is 0 Å². The van der Waals surface area contributed by atoms with Gasteiger partial charge in [-0.3, -0.25) is 4.90 Å². The fraction of sp³-hybridized carbons (Fsp3) is 1.00. The number of halogens is 1. The summed E-state index contributed by atoms with van der Waals surface area (Å²) in [5, 5.41) is 1.51. The second kappa shape index (κ2) is 6.94. The molecule has 0 spiro atoms. The molecule has 0 bridgehead atoms. The van der Waals surface area contributed by atoms with Gasteiger partial charge in [-0.05, 0) is 0 Å². The summed E-state index contributed by atoms with van der Waals surface area (Å²) in [5.74, 6) is 0.600. The summed E-state index contributed by atoms with van der Waals surface area (Å²) in [6, 6.07) is 0. The SMILES string of the molecule is CC1CN(CCOCCCl)CC(C)S1. The Morgan fingerprint density at radius 2 is 1.93 bits per heavy atom. The number of ether oxygens (including phenoxy) is 1. The number of alkyl halides is 1. The topological polar surface area (TPSA) is 12.5 Å². The average Bonchev–Trinajstić information content (AvgIpc) is 2.11. The minimum absolute atomic E-state index is 0.600. The van der Waals surface area contributed by atoms with Gasteiger partial charge in [0.05, 0.1) is 13.2 Å². The van der Waals surface area contributed by atoms with Crippen LogP contribution in [0.1, 0.15) is 13.8 Å². The Labute approximate surface area is 96.3 Å². The van der Waals surface area contributed by atoms with E-state index in [-0.39, 0.29) is 0 Å². The maximum Gasteiger partial charge on any atom is 0.0602 e. The first kappa shape index (κ1) is 12.6. The third-order valence-electron chi connectivity index (χ3n) is 2.27. The van der Waals surface area contributed by atoms with Gasteiger partial charge >= 0.3 is 0 Å². The molecule has 0 N–H and O–H groups in total. The normalized spacial score (nSPS) is 29.4. The predicted molar refractivity (Wildman–Crippen MR) is 64.5 cm³/mol. The standard InChI is InChI=1S/C10H20ClNOS/c1-9-7-12(8-10(2)14-9)4-6-13-5-3-11/h9-10H,3-8H2,1-2H3. The van der Waals surface area contributed by atoms with Gasteiger partial charge in [0.2, 0.25) is 0 Å². The number of rotatable bonds is 5. The molecule has 0 amide bonds. The van der Waals surface area contributed by atoms with Gasteiger partial charge in [-0.1, -0.05) is 13.8 Å². The molecule has 4 heteroatoms. The molecule has 1 fully saturated rings. The van der Waals surface area contributed by atoms with Gasteiger partial charge in [-0.25, -0.2) is 0 Å². The van der Waals surface area contributed by atoms with Crippen LogP contribution in [0, 0.1) is 0 Å². The van der Waals surface area contributed by atoms with E-state index in [1.807, 2.05) is 0 Å². The molecular weight excluding hydrogens is 218 g/mol. The summed E-state index contributed by atoms with van der Waals surface area (Å²) in [6.45, 7) is 9.52. The summed E-state index contributed by atoms with van der Waals surface area (Å²) in [6.07, 6.45) is 0. The Balaban J connectivity index is 2.10. The lowest BCUT2D eigenvalue weighted by Gasteiger charge is -2.34. The van der Waals surface area contributed by atoms with Crippen molar-refractivity contribution in [1.29, 1.82) is 0 Å². The molecule has 0 aliphatic carbocycles. The first-order valence-corrected chi connectivity index (χ1v) is 6.71. The van der Waals surface area contributed by atoms with E-state index in [4.69, 9.17) is 16.3 Å². The first-order valence-electron chi connectivity index (χ1n) is 5.24. The highest BCUT2D eigenvalue weighted by atomic mass is 35.5. The Morgan fingerprint density at radius 3 is 2.50 bits per heavy atom. The minimum atomic E-state index is 0.600. The lowest BCUT2D eigenvalue weighted by atomic mass is 10.3. The first-order chi connectivity index (χ1) is 6.72. The fourth-order valence-corrected chi connectivity index (χ4v) is 3.31. The Morgan fingerprint density at radius 1 is 1.29 bits per heavy atom. The van der Waals surface area contributed by atoms with Crippen LogP contribution in [-0.2, 0) is 4.74 Å². The molecule has 14 heavy (non-hydrogen) atoms. The highest BCUT2D eigenvalue weighted by Crippen LogP contribution is 2.24. The molecule has 0 radical (unpaired) electrons. The monoisotopic (exact) mass is 237 g/mol. The molecule has 1 saturated heterocycles. The smallest absolute Gasteiger partial charge is 0.0602 e. The largest absolute Gasteiger partial charge is 0.379 e. The zero-order chi connectivity index (χ0) is 10.4. The Kier molecular flexibility index (Phi) is 6.26. The molecule has 1 aliphatic rings. The summed E-state index contributed by atoms with van der Waals surface area (Å²) in [5.41, 5.74) is 0. The van der Waals surface area contributed by atoms with Gasteiger partial charge < -0.3 is 4.74 Å². The van der Waals surface area contributed by atoms with Gasteiger partial charge in [-0.15, -0.1) is 11.6 Å². The molecule has 0 aromatic rings. The van der Waals surface area contributed by atoms with Crippen molar-refractivity contribution in [2.45, 2.75) is 24.3 Å². The van der Waals surface area contributed by atoms with Crippen LogP contribution in [0.5, 0.6) is 0 Å². The van der Waals surface area contributed by atoms with Crippen molar-refractivity contribution in [3.63, 3.8) is 0 Å². The minimum Gasteiger partial charge on any atom is -0.379 e. The second-order valence-electron chi connectivity index (χ2n) is 3.82. The Bertz CT molecular complexity index is 149. The fourth-order valence-electron chi connectivity index (χ4n) is 1.82. The quantitative estimate of drug-likeness (QED) is 0.537. The van der Waals surface area contributed by atoms with E-state index in [1.165, 1.54) is 13.1 Å². The van der Waals surface area contributed by atoms with E-state index in [0.717, 1.165) is 23.7 Å². The van der Waals surface area contributed by atoms with Crippen molar-refractivity contribution in [3.05, 3.63) is 0 Å². The van der Waals surface area contributed by atoms with Gasteiger partial charge in [-0.2, -0.15) is 11.8 Å². The number of nitrogens with zero attached hydrogens (tertiary/aromatic N) is 1. The maximum atomic E-state index is 5.53. The number of hydrogen-bond acceptors (Lipinski definition) is 3. The van der Waals surface area contributed by atoms with Gasteiger partial charge in [0.25, 0.3) is 0 Å². The number of hydrogen-bond donors (Lipinski definition) is 0. The van der Waals surface area contributed by atoms with Crippen LogP contribution >= 0.6 is 23.4 Å². The van der Waals surface area contributed by atoms with E-state index in [9.17, 15) is 0 Å². The summed E-state index contributed by atoms with van der Waals surface area (Å²) >= 11 is 7.61. The van der Waals surface area contributed by atoms with Gasteiger partial charge in [0.15, 0.2) is 0 Å². The zero-order valence-corrected chi connectivity index (χ0v) is 10.6. The second-order valence-corrected chi connectivity index (χ2v) is 6.08. The lowest BCUT2D eigenvalue weighted by Crippen LogP contribution is -2.42. The van der Waals surface area contributed by atoms with Crippen LogP contribution in [-0.4, -0.2) is 54.1 Å². The van der Waals surface area contributed by atoms with Crippen LogP contribution < -0.4 is 0 Å². The van der Waals surface area contributed by atoms with Crippen molar-refractivity contribution < 1.29 is 4.74 Å². The van der Waals surface area contributed by atoms with Crippen LogP contribution in [0.4, 0.5) is 0 Å². The maximum absolute atomic E-state index is 5.53. The van der Waals surface area contributed by atoms with Gasteiger partial charge in [0, 0.05) is 36.0 Å². The molecular formula is C10H20ClNOS. The summed E-state index contributed by atoms with van der Waals surface area (Å²) in [7, 11) is 0. The zero-order valence-electron chi connectivity index (χ0n) is 9.04. The van der Waals surface area contributed by atoms with Crippen LogP contribution in [0.3, 0.4) is 0 Å². The van der Waals surface area contributed by atoms with Crippen LogP contribution in [0.15, 0.2) is 0 Å². The van der Waals surface area contributed by atoms with E-state index in [2.05, 4.69) is 30.5 Å². The van der Waals surface area contributed by atoms with Crippen LogP contribution in [0.2, 0.25) is 0 Å². The average molecular weight is 238 g/mol. The van der Waals surface area contributed by atoms with Gasteiger partial charge in [0.1, 0.15) is 0 Å². The highest BCUT2D eigenvalue weighted by molar-refractivity contribution is 8.00. The predicted octanol–water partition coefficient (Wildman–Crippen LogP) is 2.07. The highest BCUT2D eigenvalue weighted by Gasteiger charge is 2.21. The van der Waals surface area contributed by atoms with E-state index in [0.29, 0.717) is 12.5 Å². The lowest BCUT2D eigenvalue weighted by molar-refractivity contribution is 0.114. The van der Waals surface area contributed by atoms with Crippen LogP contribution in [0.25, 0.3) is 0 Å². The molecule has 1 aliphatic heterocycles. The van der Waals surface area contributed by atoms with Crippen molar-refractivity contribution in [2.75, 3.05) is 38.7 Å². The molecule has 1 rings (SSSR count). The Hall–Kier alpha value is 0.560. The molecule has 1 heterocycles. The molecule has 0 aromatic heterocycles. The van der Waals surface area contributed by atoms with Crippen molar-refractivity contribution >= 4 is 23.4 Å². The van der Waals surface area contributed by atoms with Crippen molar-refractivity contribution in [1.82, 2.24) is 4.90 Å². The van der Waals surface area contributed by atoms with Crippen molar-refractivity contribution in [3.8, 4) is 0 Å². The number of thioether (sulfide) groups is 1. The molecule has 2 nitrogen and oxygen atoms in total.